The van der Waals surface area contributed by atoms with Crippen LogP contribution in [0.3, 0.4) is 0 Å². The van der Waals surface area contributed by atoms with Gasteiger partial charge in [0.05, 0.1) is 0 Å². The van der Waals surface area contributed by atoms with Crippen LogP contribution >= 0.6 is 43.5 Å². The molecule has 6 heteroatoms. The average Bonchev–Trinajstić information content (AvgIpc) is 2.23. The third kappa shape index (κ3) is 2.84. The minimum Gasteiger partial charge on any atom is -0.213 e. The Morgan fingerprint density at radius 2 is 1.59 bits per heavy atom. The number of nitrogens with zero attached hydrogens (tertiary/aromatic N) is 3. The van der Waals surface area contributed by atoms with Gasteiger partial charge in [0.1, 0.15) is 5.82 Å². The molecule has 0 unspecified atom stereocenters. The summed E-state index contributed by atoms with van der Waals surface area (Å²) in [5.41, 5.74) is 2.02. The van der Waals surface area contributed by atoms with Crippen LogP contribution in [0, 0.1) is 13.8 Å². The number of aromatic nitrogens is 3. The molecule has 2 aromatic rings. The minimum atomic E-state index is 0.209. The standard InChI is InChI=1S/C11H8Br2ClN3/c1-5-8(12)3-7(4-9(5)13)10-15-6(2)16-11(14)17-10/h3-4H,1-2H3. The Balaban J connectivity index is 2.60. The third-order valence-electron chi connectivity index (χ3n) is 2.26. The lowest BCUT2D eigenvalue weighted by molar-refractivity contribution is 0.983. The number of aryl methyl sites for hydroxylation is 1. The summed E-state index contributed by atoms with van der Waals surface area (Å²) >= 11 is 12.8. The van der Waals surface area contributed by atoms with Gasteiger partial charge in [-0.1, -0.05) is 31.9 Å². The van der Waals surface area contributed by atoms with Gasteiger partial charge in [0.2, 0.25) is 5.28 Å². The number of rotatable bonds is 1. The van der Waals surface area contributed by atoms with Crippen LogP contribution in [0.5, 0.6) is 0 Å². The Morgan fingerprint density at radius 3 is 2.12 bits per heavy atom. The van der Waals surface area contributed by atoms with Crippen LogP contribution in [-0.2, 0) is 0 Å². The molecule has 0 saturated heterocycles. The quantitative estimate of drug-likeness (QED) is 0.742. The topological polar surface area (TPSA) is 38.7 Å². The summed E-state index contributed by atoms with van der Waals surface area (Å²) in [7, 11) is 0. The van der Waals surface area contributed by atoms with Crippen molar-refractivity contribution in [3.8, 4) is 11.4 Å². The molecule has 0 bridgehead atoms. The molecule has 0 N–H and O–H groups in total. The first-order valence-electron chi connectivity index (χ1n) is 4.81. The monoisotopic (exact) mass is 375 g/mol. The average molecular weight is 377 g/mol. The van der Waals surface area contributed by atoms with Crippen molar-refractivity contribution in [1.29, 1.82) is 0 Å². The Hall–Kier alpha value is -0.520. The van der Waals surface area contributed by atoms with E-state index in [4.69, 9.17) is 11.6 Å². The van der Waals surface area contributed by atoms with E-state index in [9.17, 15) is 0 Å². The zero-order valence-electron chi connectivity index (χ0n) is 9.13. The zero-order chi connectivity index (χ0) is 12.6. The van der Waals surface area contributed by atoms with E-state index in [1.807, 2.05) is 19.1 Å². The van der Waals surface area contributed by atoms with Crippen LogP contribution in [0.2, 0.25) is 5.28 Å². The largest absolute Gasteiger partial charge is 0.226 e. The van der Waals surface area contributed by atoms with Gasteiger partial charge in [-0.15, -0.1) is 0 Å². The SMILES string of the molecule is Cc1nc(Cl)nc(-c2cc(Br)c(C)c(Br)c2)n1. The maximum atomic E-state index is 5.83. The Kier molecular flexibility index (Phi) is 3.80. The summed E-state index contributed by atoms with van der Waals surface area (Å²) in [5, 5.41) is 0.209. The van der Waals surface area contributed by atoms with Crippen LogP contribution in [0.15, 0.2) is 21.1 Å². The van der Waals surface area contributed by atoms with Crippen molar-refractivity contribution in [3.05, 3.63) is 37.7 Å². The summed E-state index contributed by atoms with van der Waals surface area (Å²) in [6, 6.07) is 3.93. The summed E-state index contributed by atoms with van der Waals surface area (Å²) in [4.78, 5) is 12.3. The van der Waals surface area contributed by atoms with Gasteiger partial charge in [0.25, 0.3) is 0 Å². The minimum absolute atomic E-state index is 0.209. The molecule has 3 nitrogen and oxygen atoms in total. The molecule has 2 rings (SSSR count). The lowest BCUT2D eigenvalue weighted by atomic mass is 10.1. The Bertz CT molecular complexity index is 544. The van der Waals surface area contributed by atoms with Gasteiger partial charge in [-0.3, -0.25) is 0 Å². The molecule has 1 heterocycles. The van der Waals surface area contributed by atoms with Gasteiger partial charge in [-0.2, -0.15) is 4.98 Å². The fraction of sp³-hybridized carbons (Fsp3) is 0.182. The summed E-state index contributed by atoms with van der Waals surface area (Å²) < 4.78 is 1.99. The van der Waals surface area contributed by atoms with Gasteiger partial charge in [0.15, 0.2) is 5.82 Å². The van der Waals surface area contributed by atoms with E-state index >= 15 is 0 Å². The Labute approximate surface area is 121 Å². The highest BCUT2D eigenvalue weighted by Gasteiger charge is 2.09. The number of benzene rings is 1. The molecule has 0 saturated carbocycles. The first-order chi connectivity index (χ1) is 7.97. The summed E-state index contributed by atoms with van der Waals surface area (Å²) in [5.74, 6) is 1.18. The van der Waals surface area contributed by atoms with Crippen molar-refractivity contribution in [2.24, 2.45) is 0 Å². The van der Waals surface area contributed by atoms with Gasteiger partial charge in [-0.25, -0.2) is 9.97 Å². The van der Waals surface area contributed by atoms with Crippen molar-refractivity contribution in [1.82, 2.24) is 15.0 Å². The molecule has 0 aliphatic rings. The van der Waals surface area contributed by atoms with E-state index in [1.54, 1.807) is 6.92 Å². The molecular formula is C11H8Br2ClN3. The number of hydrogen-bond donors (Lipinski definition) is 0. The van der Waals surface area contributed by atoms with Crippen molar-refractivity contribution in [2.45, 2.75) is 13.8 Å². The number of halogens is 3. The maximum absolute atomic E-state index is 5.83. The van der Waals surface area contributed by atoms with Crippen molar-refractivity contribution in [2.75, 3.05) is 0 Å². The molecule has 0 aliphatic carbocycles. The van der Waals surface area contributed by atoms with E-state index in [-0.39, 0.29) is 5.28 Å². The fourth-order valence-corrected chi connectivity index (χ4v) is 2.74. The predicted molar refractivity (Wildman–Crippen MR) is 75.1 cm³/mol. The normalized spacial score (nSPS) is 10.6. The Morgan fingerprint density at radius 1 is 1.00 bits per heavy atom. The van der Waals surface area contributed by atoms with Gasteiger partial charge in [0, 0.05) is 14.5 Å². The van der Waals surface area contributed by atoms with E-state index in [0.717, 1.165) is 20.1 Å². The molecule has 0 fully saturated rings. The number of hydrogen-bond acceptors (Lipinski definition) is 3. The van der Waals surface area contributed by atoms with Crippen molar-refractivity contribution < 1.29 is 0 Å². The molecule has 0 atom stereocenters. The lowest BCUT2D eigenvalue weighted by Gasteiger charge is -2.06. The van der Waals surface area contributed by atoms with Gasteiger partial charge < -0.3 is 0 Å². The third-order valence-corrected chi connectivity index (χ3v) is 4.08. The molecule has 0 amide bonds. The zero-order valence-corrected chi connectivity index (χ0v) is 13.1. The summed E-state index contributed by atoms with van der Waals surface area (Å²) in [6.45, 7) is 3.80. The predicted octanol–water partition coefficient (Wildman–Crippen LogP) is 4.33. The fourth-order valence-electron chi connectivity index (χ4n) is 1.35. The second kappa shape index (κ2) is 5.00. The lowest BCUT2D eigenvalue weighted by Crippen LogP contribution is -1.96. The molecule has 0 spiro atoms. The van der Waals surface area contributed by atoms with Gasteiger partial charge in [-0.05, 0) is 43.1 Å². The molecule has 1 aromatic carbocycles. The smallest absolute Gasteiger partial charge is 0.213 e. The van der Waals surface area contributed by atoms with E-state index < -0.39 is 0 Å². The second-order valence-corrected chi connectivity index (χ2v) is 5.59. The highest BCUT2D eigenvalue weighted by atomic mass is 79.9. The molecule has 1 aromatic heterocycles. The molecule has 17 heavy (non-hydrogen) atoms. The van der Waals surface area contributed by atoms with Crippen LogP contribution in [0.1, 0.15) is 11.4 Å². The van der Waals surface area contributed by atoms with Crippen LogP contribution in [0.25, 0.3) is 11.4 Å². The highest BCUT2D eigenvalue weighted by Crippen LogP contribution is 2.30. The second-order valence-electron chi connectivity index (χ2n) is 3.54. The maximum Gasteiger partial charge on any atom is 0.226 e. The highest BCUT2D eigenvalue weighted by molar-refractivity contribution is 9.11. The first-order valence-corrected chi connectivity index (χ1v) is 6.78. The van der Waals surface area contributed by atoms with Gasteiger partial charge >= 0.3 is 0 Å². The van der Waals surface area contributed by atoms with E-state index in [0.29, 0.717) is 11.6 Å². The molecule has 0 radical (unpaired) electrons. The first kappa shape index (κ1) is 12.9. The molecular weight excluding hydrogens is 369 g/mol. The van der Waals surface area contributed by atoms with Crippen LogP contribution in [0.4, 0.5) is 0 Å². The van der Waals surface area contributed by atoms with Crippen LogP contribution < -0.4 is 0 Å². The van der Waals surface area contributed by atoms with Crippen molar-refractivity contribution in [3.63, 3.8) is 0 Å². The molecule has 0 aliphatic heterocycles. The van der Waals surface area contributed by atoms with Crippen LogP contribution in [-0.4, -0.2) is 15.0 Å². The van der Waals surface area contributed by atoms with E-state index in [1.165, 1.54) is 0 Å². The van der Waals surface area contributed by atoms with Crippen molar-refractivity contribution >= 4 is 43.5 Å². The van der Waals surface area contributed by atoms with E-state index in [2.05, 4.69) is 46.8 Å². The summed E-state index contributed by atoms with van der Waals surface area (Å²) in [6.07, 6.45) is 0. The molecule has 88 valence electrons.